The van der Waals surface area contributed by atoms with Crippen molar-refractivity contribution in [2.45, 2.75) is 38.6 Å². The van der Waals surface area contributed by atoms with Crippen LogP contribution >= 0.6 is 0 Å². The Morgan fingerprint density at radius 2 is 1.84 bits per heavy atom. The molecule has 7 heteroatoms. The van der Waals surface area contributed by atoms with Gasteiger partial charge in [-0.25, -0.2) is 0 Å². The van der Waals surface area contributed by atoms with Crippen molar-refractivity contribution < 1.29 is 14.7 Å². The van der Waals surface area contributed by atoms with Gasteiger partial charge in [-0.3, -0.25) is 9.59 Å². The third-order valence-electron chi connectivity index (χ3n) is 5.20. The summed E-state index contributed by atoms with van der Waals surface area (Å²) in [5.41, 5.74) is 1.63. The van der Waals surface area contributed by atoms with Crippen molar-refractivity contribution in [1.82, 2.24) is 14.8 Å². The van der Waals surface area contributed by atoms with Gasteiger partial charge >= 0.3 is 5.97 Å². The van der Waals surface area contributed by atoms with E-state index in [0.29, 0.717) is 18.5 Å². The van der Waals surface area contributed by atoms with Crippen molar-refractivity contribution in [3.8, 4) is 11.4 Å². The highest BCUT2D eigenvalue weighted by atomic mass is 16.4. The minimum absolute atomic E-state index is 0.216. The minimum Gasteiger partial charge on any atom is -0.481 e. The van der Waals surface area contributed by atoms with Crippen LogP contribution in [0.3, 0.4) is 0 Å². The molecular weight excluding hydrogens is 320 g/mol. The van der Waals surface area contributed by atoms with E-state index in [0.717, 1.165) is 43.0 Å². The lowest BCUT2D eigenvalue weighted by molar-refractivity contribution is -0.151. The molecule has 2 aromatic rings. The molecule has 1 saturated carbocycles. The van der Waals surface area contributed by atoms with Crippen LogP contribution < -0.4 is 5.32 Å². The molecule has 4 rings (SSSR count). The smallest absolute Gasteiger partial charge is 0.307 e. The quantitative estimate of drug-likeness (QED) is 0.890. The number of benzene rings is 1. The van der Waals surface area contributed by atoms with Crippen LogP contribution in [0.5, 0.6) is 0 Å². The van der Waals surface area contributed by atoms with Gasteiger partial charge in [-0.1, -0.05) is 0 Å². The predicted octanol–water partition coefficient (Wildman–Crippen LogP) is 2.33. The maximum atomic E-state index is 12.2. The van der Waals surface area contributed by atoms with Crippen LogP contribution in [-0.4, -0.2) is 31.7 Å². The molecule has 7 nitrogen and oxygen atoms in total. The fourth-order valence-electron chi connectivity index (χ4n) is 3.57. The molecule has 0 radical (unpaired) electrons. The Morgan fingerprint density at radius 1 is 1.08 bits per heavy atom. The Kier molecular flexibility index (Phi) is 3.99. The molecule has 2 atom stereocenters. The van der Waals surface area contributed by atoms with Crippen LogP contribution in [0, 0.1) is 11.8 Å². The van der Waals surface area contributed by atoms with Gasteiger partial charge in [0.2, 0.25) is 5.91 Å². The normalized spacial score (nSPS) is 21.9. The second-order valence-corrected chi connectivity index (χ2v) is 6.74. The number of anilines is 1. The van der Waals surface area contributed by atoms with Gasteiger partial charge in [0.1, 0.15) is 5.82 Å². The molecule has 0 spiro atoms. The minimum atomic E-state index is -0.890. The number of rotatable bonds is 4. The Labute approximate surface area is 145 Å². The fraction of sp³-hybridized carbons (Fsp3) is 0.444. The zero-order chi connectivity index (χ0) is 17.4. The van der Waals surface area contributed by atoms with Gasteiger partial charge in [0.05, 0.1) is 11.8 Å². The summed E-state index contributed by atoms with van der Waals surface area (Å²) in [4.78, 5) is 23.3. The van der Waals surface area contributed by atoms with Crippen LogP contribution in [0.25, 0.3) is 11.4 Å². The van der Waals surface area contributed by atoms with Gasteiger partial charge in [-0.2, -0.15) is 0 Å². The molecule has 2 aliphatic rings. The van der Waals surface area contributed by atoms with E-state index in [1.54, 1.807) is 0 Å². The summed E-state index contributed by atoms with van der Waals surface area (Å²) in [6, 6.07) is 7.48. The number of hydrogen-bond donors (Lipinski definition) is 2. The number of hydrogen-bond acceptors (Lipinski definition) is 4. The van der Waals surface area contributed by atoms with Crippen LogP contribution in [0.15, 0.2) is 24.3 Å². The highest BCUT2D eigenvalue weighted by Gasteiger charge is 2.41. The first-order chi connectivity index (χ1) is 12.1. The molecular formula is C18H20N4O3. The average Bonchev–Trinajstić information content (AvgIpc) is 2.98. The van der Waals surface area contributed by atoms with E-state index in [1.165, 1.54) is 0 Å². The third-order valence-corrected chi connectivity index (χ3v) is 5.20. The van der Waals surface area contributed by atoms with Crippen LogP contribution in [0.4, 0.5) is 5.69 Å². The number of fused-ring (bicyclic) bond motifs is 1. The van der Waals surface area contributed by atoms with E-state index in [9.17, 15) is 9.59 Å². The standard InChI is InChI=1S/C18H20N4O3/c23-17(13-8-9-14(13)18(24)25)19-12-6-4-11(5-7-12)16-21-20-15-3-1-2-10-22(15)16/h4-7,13-14H,1-3,8-10H2,(H,19,23)(H,24,25). The maximum Gasteiger partial charge on any atom is 0.307 e. The molecule has 1 amide bonds. The molecule has 130 valence electrons. The van der Waals surface area contributed by atoms with E-state index < -0.39 is 17.8 Å². The summed E-state index contributed by atoms with van der Waals surface area (Å²) >= 11 is 0. The maximum absolute atomic E-state index is 12.2. The monoisotopic (exact) mass is 340 g/mol. The largest absolute Gasteiger partial charge is 0.481 e. The molecule has 2 heterocycles. The summed E-state index contributed by atoms with van der Waals surface area (Å²) in [5.74, 6) is -0.201. The number of nitrogens with zero attached hydrogens (tertiary/aromatic N) is 3. The molecule has 2 N–H and O–H groups in total. The topological polar surface area (TPSA) is 97.1 Å². The van der Waals surface area contributed by atoms with Crippen LogP contribution in [0.2, 0.25) is 0 Å². The van der Waals surface area contributed by atoms with Gasteiger partial charge in [0, 0.05) is 24.2 Å². The molecule has 0 saturated heterocycles. The van der Waals surface area contributed by atoms with Crippen LogP contribution in [0.1, 0.15) is 31.5 Å². The van der Waals surface area contributed by atoms with Gasteiger partial charge in [-0.15, -0.1) is 10.2 Å². The molecule has 1 aliphatic carbocycles. The lowest BCUT2D eigenvalue weighted by Gasteiger charge is -2.31. The summed E-state index contributed by atoms with van der Waals surface area (Å²) < 4.78 is 2.16. The van der Waals surface area contributed by atoms with E-state index in [-0.39, 0.29) is 5.91 Å². The van der Waals surface area contributed by atoms with E-state index in [4.69, 9.17) is 5.11 Å². The highest BCUT2D eigenvalue weighted by molar-refractivity contribution is 5.96. The summed E-state index contributed by atoms with van der Waals surface area (Å²) in [6.07, 6.45) is 4.46. The molecule has 1 aromatic heterocycles. The first-order valence-electron chi connectivity index (χ1n) is 8.69. The number of aliphatic carboxylic acids is 1. The number of amides is 1. The average molecular weight is 340 g/mol. The number of carboxylic acid groups (broad SMARTS) is 1. The number of aromatic nitrogens is 3. The lowest BCUT2D eigenvalue weighted by Crippen LogP contribution is -2.41. The Bertz CT molecular complexity index is 812. The SMILES string of the molecule is O=C(O)C1CCC1C(=O)Nc1ccc(-c2nnc3n2CCCC3)cc1. The summed E-state index contributed by atoms with van der Waals surface area (Å²) in [5, 5.41) is 20.4. The van der Waals surface area contributed by atoms with Gasteiger partial charge in [0.25, 0.3) is 0 Å². The molecule has 1 aliphatic heterocycles. The Balaban J connectivity index is 1.46. The molecule has 1 aromatic carbocycles. The van der Waals surface area contributed by atoms with Crippen molar-refractivity contribution in [3.63, 3.8) is 0 Å². The van der Waals surface area contributed by atoms with E-state index >= 15 is 0 Å². The zero-order valence-corrected chi connectivity index (χ0v) is 13.8. The van der Waals surface area contributed by atoms with E-state index in [2.05, 4.69) is 20.1 Å². The van der Waals surface area contributed by atoms with Gasteiger partial charge < -0.3 is 15.0 Å². The first-order valence-corrected chi connectivity index (χ1v) is 8.69. The Morgan fingerprint density at radius 3 is 2.52 bits per heavy atom. The second kappa shape index (κ2) is 6.31. The number of carboxylic acids is 1. The van der Waals surface area contributed by atoms with Gasteiger partial charge in [-0.05, 0) is 49.9 Å². The number of aryl methyl sites for hydroxylation is 1. The predicted molar refractivity (Wildman–Crippen MR) is 90.9 cm³/mol. The number of carbonyl (C=O) groups excluding carboxylic acids is 1. The molecule has 25 heavy (non-hydrogen) atoms. The zero-order valence-electron chi connectivity index (χ0n) is 13.8. The van der Waals surface area contributed by atoms with Crippen LogP contribution in [-0.2, 0) is 22.6 Å². The van der Waals surface area contributed by atoms with Crippen molar-refractivity contribution in [2.75, 3.05) is 5.32 Å². The summed E-state index contributed by atoms with van der Waals surface area (Å²) in [6.45, 7) is 0.939. The van der Waals surface area contributed by atoms with Gasteiger partial charge in [0.15, 0.2) is 5.82 Å². The first kappa shape index (κ1) is 15.8. The Hall–Kier alpha value is -2.70. The molecule has 1 fully saturated rings. The fourth-order valence-corrected chi connectivity index (χ4v) is 3.57. The third kappa shape index (κ3) is 2.90. The van der Waals surface area contributed by atoms with Crippen molar-refractivity contribution >= 4 is 17.6 Å². The van der Waals surface area contributed by atoms with Crippen molar-refractivity contribution in [2.24, 2.45) is 11.8 Å². The van der Waals surface area contributed by atoms with E-state index in [1.807, 2.05) is 24.3 Å². The highest BCUT2D eigenvalue weighted by Crippen LogP contribution is 2.35. The summed E-state index contributed by atoms with van der Waals surface area (Å²) in [7, 11) is 0. The van der Waals surface area contributed by atoms with Crippen molar-refractivity contribution in [3.05, 3.63) is 30.1 Å². The number of nitrogens with one attached hydrogen (secondary N) is 1. The molecule has 0 bridgehead atoms. The van der Waals surface area contributed by atoms with Crippen molar-refractivity contribution in [1.29, 1.82) is 0 Å². The second-order valence-electron chi connectivity index (χ2n) is 6.74. The number of carbonyl (C=O) groups is 2. The lowest BCUT2D eigenvalue weighted by atomic mass is 9.73. The molecule has 2 unspecified atom stereocenters.